The number of carbonyl (C=O) groups is 4. The van der Waals surface area contributed by atoms with Gasteiger partial charge < -0.3 is 33.3 Å². The Kier molecular flexibility index (Phi) is 12.5. The molecule has 1 N–H and O–H groups in total. The Hall–Kier alpha value is -4.82. The van der Waals surface area contributed by atoms with E-state index in [1.807, 2.05) is 12.7 Å². The lowest BCUT2D eigenvalue weighted by Gasteiger charge is -2.37. The van der Waals surface area contributed by atoms with Crippen LogP contribution in [0, 0.1) is 22.2 Å². The van der Waals surface area contributed by atoms with Gasteiger partial charge in [0.25, 0.3) is 5.91 Å². The first kappa shape index (κ1) is 40.4. The summed E-state index contributed by atoms with van der Waals surface area (Å²) in [5.41, 5.74) is -1.08. The van der Waals surface area contributed by atoms with E-state index in [9.17, 15) is 19.2 Å². The van der Waals surface area contributed by atoms with Gasteiger partial charge in [0.05, 0.1) is 42.1 Å². The summed E-state index contributed by atoms with van der Waals surface area (Å²) in [6.45, 7) is 13.8. The second-order valence-electron chi connectivity index (χ2n) is 15.2. The molecule has 54 heavy (non-hydrogen) atoms. The number of amides is 1. The molecule has 13 heteroatoms. The zero-order chi connectivity index (χ0) is 39.3. The summed E-state index contributed by atoms with van der Waals surface area (Å²) < 4.78 is 35.1. The number of nitrogens with one attached hydrogen (secondary N) is 1. The molecule has 0 radical (unpaired) electrons. The number of fused-ring (bicyclic) bond motifs is 6. The highest BCUT2D eigenvalue weighted by Gasteiger charge is 2.54. The van der Waals surface area contributed by atoms with Gasteiger partial charge in [0.15, 0.2) is 14.0 Å². The molecule has 2 aliphatic rings. The first-order valence-electron chi connectivity index (χ1n) is 18.0. The van der Waals surface area contributed by atoms with Gasteiger partial charge in [0, 0.05) is 47.6 Å². The van der Waals surface area contributed by atoms with Gasteiger partial charge in [0.2, 0.25) is 0 Å². The highest BCUT2D eigenvalue weighted by Crippen LogP contribution is 2.57. The van der Waals surface area contributed by atoms with Crippen LogP contribution >= 0.6 is 8.38 Å². The Bertz CT molecular complexity index is 1880. The van der Waals surface area contributed by atoms with E-state index in [2.05, 4.69) is 5.32 Å². The van der Waals surface area contributed by atoms with Crippen molar-refractivity contribution < 1.29 is 47.2 Å². The van der Waals surface area contributed by atoms with E-state index >= 15 is 0 Å². The Morgan fingerprint density at radius 3 is 1.93 bits per heavy atom. The quantitative estimate of drug-likeness (QED) is 0.0729. The lowest BCUT2D eigenvalue weighted by molar-refractivity contribution is -0.143. The molecule has 0 fully saturated rings. The van der Waals surface area contributed by atoms with Crippen LogP contribution in [0.1, 0.15) is 111 Å². The molecule has 1 unspecified atom stereocenters. The molecule has 5 rings (SSSR count). The molecule has 2 aliphatic heterocycles. The normalized spacial score (nSPS) is 14.4. The van der Waals surface area contributed by atoms with Crippen molar-refractivity contribution in [3.63, 3.8) is 0 Å². The molecule has 0 saturated carbocycles. The van der Waals surface area contributed by atoms with Crippen molar-refractivity contribution in [3.8, 4) is 29.1 Å². The molecular weight excluding hydrogens is 711 g/mol. The lowest BCUT2D eigenvalue weighted by atomic mass is 9.77. The van der Waals surface area contributed by atoms with E-state index in [1.54, 1.807) is 96.1 Å². The van der Waals surface area contributed by atoms with Crippen LogP contribution in [0.5, 0.6) is 23.0 Å². The highest BCUT2D eigenvalue weighted by atomic mass is 31.2. The molecule has 0 aliphatic carbocycles. The minimum Gasteiger partial charge on any atom is -0.456 e. The molecule has 1 spiro atoms. The molecule has 0 aromatic heterocycles. The third-order valence-electron chi connectivity index (χ3n) is 8.77. The van der Waals surface area contributed by atoms with Crippen molar-refractivity contribution in [3.05, 3.63) is 82.4 Å². The fraction of sp³-hybridized carbons (Fsp3) is 0.439. The molecule has 3 aromatic carbocycles. The van der Waals surface area contributed by atoms with Crippen molar-refractivity contribution in [1.29, 1.82) is 5.26 Å². The van der Waals surface area contributed by atoms with E-state index in [-0.39, 0.29) is 34.5 Å². The average Bonchev–Trinajstić information content (AvgIpc) is 3.39. The molecule has 0 saturated heterocycles. The molecular formula is C41H47N2O10P. The van der Waals surface area contributed by atoms with Gasteiger partial charge in [-0.25, -0.2) is 4.79 Å². The van der Waals surface area contributed by atoms with Gasteiger partial charge >= 0.3 is 17.9 Å². The second kappa shape index (κ2) is 16.7. The van der Waals surface area contributed by atoms with Crippen molar-refractivity contribution in [2.75, 3.05) is 26.4 Å². The van der Waals surface area contributed by atoms with E-state index in [0.29, 0.717) is 48.4 Å². The van der Waals surface area contributed by atoms with Crippen LogP contribution < -0.4 is 19.5 Å². The van der Waals surface area contributed by atoms with Crippen LogP contribution in [-0.2, 0) is 29.0 Å². The SMILES string of the molecule is CP(OCCC#N)OCCCCCCNC(=O)c1ccc2c(c1)C1(OC2=O)c2ccc(OC(=O)C(C)(C)C)cc2Oc2cc(OC(=O)C(C)(C)C)ccc21. The standard InChI is InChI=1S/C41H47N2O10P/c1-39(2,3)37(46)50-27-14-17-30-33(24-27)52-34-25-28(51-38(47)40(4,5)6)15-18-31(34)41(30)32-23-26(13-16-29(32)36(45)53-41)35(44)43-20-10-8-9-11-21-48-54(7)49-22-12-19-42/h13-18,23-25H,8-12,20-22H2,1-7H3,(H,43,44). The summed E-state index contributed by atoms with van der Waals surface area (Å²) in [6, 6.07) is 16.6. The Labute approximate surface area is 317 Å². The van der Waals surface area contributed by atoms with Crippen LogP contribution in [0.3, 0.4) is 0 Å². The molecule has 2 heterocycles. The van der Waals surface area contributed by atoms with Crippen LogP contribution in [0.15, 0.2) is 54.6 Å². The smallest absolute Gasteiger partial charge is 0.340 e. The summed E-state index contributed by atoms with van der Waals surface area (Å²) in [6.07, 6.45) is 3.78. The van der Waals surface area contributed by atoms with Crippen LogP contribution in [-0.4, -0.2) is 50.2 Å². The van der Waals surface area contributed by atoms with E-state index in [1.165, 1.54) is 0 Å². The van der Waals surface area contributed by atoms with Gasteiger partial charge in [-0.05, 0) is 96.8 Å². The van der Waals surface area contributed by atoms with Gasteiger partial charge in [0.1, 0.15) is 23.0 Å². The maximum Gasteiger partial charge on any atom is 0.340 e. The maximum atomic E-state index is 13.6. The number of unbranched alkanes of at least 4 members (excludes halogenated alkanes) is 3. The monoisotopic (exact) mass is 758 g/mol. The van der Waals surface area contributed by atoms with E-state index < -0.39 is 42.7 Å². The number of nitrogens with zero attached hydrogens (tertiary/aromatic N) is 1. The van der Waals surface area contributed by atoms with Crippen molar-refractivity contribution in [1.82, 2.24) is 5.32 Å². The van der Waals surface area contributed by atoms with Crippen molar-refractivity contribution >= 4 is 32.2 Å². The number of nitriles is 1. The summed E-state index contributed by atoms with van der Waals surface area (Å²) >= 11 is 0. The minimum absolute atomic E-state index is 0.226. The van der Waals surface area contributed by atoms with E-state index in [0.717, 1.165) is 25.7 Å². The Balaban J connectivity index is 1.38. The van der Waals surface area contributed by atoms with Crippen LogP contribution in [0.2, 0.25) is 0 Å². The van der Waals surface area contributed by atoms with Crippen LogP contribution in [0.25, 0.3) is 0 Å². The maximum absolute atomic E-state index is 13.6. The first-order chi connectivity index (χ1) is 25.5. The zero-order valence-corrected chi connectivity index (χ0v) is 32.7. The van der Waals surface area contributed by atoms with Gasteiger partial charge in [-0.2, -0.15) is 5.26 Å². The first-order valence-corrected chi connectivity index (χ1v) is 19.6. The predicted octanol–water partition coefficient (Wildman–Crippen LogP) is 8.34. The molecule has 0 bridgehead atoms. The largest absolute Gasteiger partial charge is 0.456 e. The fourth-order valence-corrected chi connectivity index (χ4v) is 6.61. The Morgan fingerprint density at radius 2 is 1.35 bits per heavy atom. The summed E-state index contributed by atoms with van der Waals surface area (Å²) in [7, 11) is -0.994. The molecule has 1 atom stereocenters. The number of hydrogen-bond acceptors (Lipinski definition) is 11. The summed E-state index contributed by atoms with van der Waals surface area (Å²) in [5.74, 6) is -0.825. The van der Waals surface area contributed by atoms with Crippen molar-refractivity contribution in [2.45, 2.75) is 79.2 Å². The highest BCUT2D eigenvalue weighted by molar-refractivity contribution is 7.46. The molecule has 12 nitrogen and oxygen atoms in total. The number of ether oxygens (including phenoxy) is 4. The van der Waals surface area contributed by atoms with Gasteiger partial charge in [-0.1, -0.05) is 12.8 Å². The Morgan fingerprint density at radius 1 is 0.778 bits per heavy atom. The summed E-state index contributed by atoms with van der Waals surface area (Å²) in [5, 5.41) is 11.6. The number of hydrogen-bond donors (Lipinski definition) is 1. The predicted molar refractivity (Wildman–Crippen MR) is 201 cm³/mol. The number of carbonyl (C=O) groups excluding carboxylic acids is 4. The number of rotatable bonds is 14. The third kappa shape index (κ3) is 9.09. The van der Waals surface area contributed by atoms with E-state index in [4.69, 9.17) is 33.3 Å². The molecule has 286 valence electrons. The zero-order valence-electron chi connectivity index (χ0n) is 31.8. The molecule has 3 aromatic rings. The minimum atomic E-state index is -1.54. The van der Waals surface area contributed by atoms with Crippen LogP contribution in [0.4, 0.5) is 0 Å². The summed E-state index contributed by atoms with van der Waals surface area (Å²) in [4.78, 5) is 52.6. The third-order valence-corrected chi connectivity index (χ3v) is 9.87. The lowest BCUT2D eigenvalue weighted by Crippen LogP contribution is -2.33. The molecule has 1 amide bonds. The van der Waals surface area contributed by atoms with Crippen molar-refractivity contribution in [2.24, 2.45) is 10.8 Å². The topological polar surface area (TPSA) is 159 Å². The number of benzene rings is 3. The fourth-order valence-electron chi connectivity index (χ4n) is 5.81. The van der Waals surface area contributed by atoms with Gasteiger partial charge in [-0.15, -0.1) is 0 Å². The average molecular weight is 759 g/mol. The second-order valence-corrected chi connectivity index (χ2v) is 16.6. The number of esters is 3. The van der Waals surface area contributed by atoms with Gasteiger partial charge in [-0.3, -0.25) is 14.4 Å².